The van der Waals surface area contributed by atoms with Crippen LogP contribution in [0.1, 0.15) is 49.7 Å². The fourth-order valence-corrected chi connectivity index (χ4v) is 2.27. The van der Waals surface area contributed by atoms with Crippen LogP contribution in [0.5, 0.6) is 0 Å². The molecule has 0 saturated carbocycles. The molecule has 0 N–H and O–H groups in total. The molecule has 1 fully saturated rings. The molecule has 0 aromatic carbocycles. The topological polar surface area (TPSA) is 33.2 Å². The standard InChI is InChI=1S/C14H20N2O/c1-14(2,3)12-11(7-6-8-15-12)13(17)16-9-4-5-10-16/h6-8H,4-5,9-10H2,1-3H3. The van der Waals surface area contributed by atoms with Gasteiger partial charge in [0.15, 0.2) is 0 Å². The van der Waals surface area contributed by atoms with Crippen LogP contribution in [0.3, 0.4) is 0 Å². The number of likely N-dealkylation sites (tertiary alicyclic amines) is 1. The van der Waals surface area contributed by atoms with Crippen molar-refractivity contribution >= 4 is 5.91 Å². The van der Waals surface area contributed by atoms with Crippen molar-refractivity contribution in [3.63, 3.8) is 0 Å². The van der Waals surface area contributed by atoms with E-state index in [1.807, 2.05) is 17.0 Å². The third-order valence-electron chi connectivity index (χ3n) is 3.14. The lowest BCUT2D eigenvalue weighted by Gasteiger charge is -2.23. The summed E-state index contributed by atoms with van der Waals surface area (Å²) in [5.74, 6) is 0.139. The molecule has 1 aliphatic rings. The lowest BCUT2D eigenvalue weighted by atomic mass is 9.88. The molecule has 3 heteroatoms. The van der Waals surface area contributed by atoms with Gasteiger partial charge in [-0.25, -0.2) is 0 Å². The zero-order valence-electron chi connectivity index (χ0n) is 10.9. The smallest absolute Gasteiger partial charge is 0.255 e. The van der Waals surface area contributed by atoms with E-state index < -0.39 is 0 Å². The molecule has 1 aliphatic heterocycles. The molecule has 92 valence electrons. The molecule has 0 radical (unpaired) electrons. The zero-order valence-corrected chi connectivity index (χ0v) is 10.9. The Balaban J connectivity index is 2.34. The van der Waals surface area contributed by atoms with E-state index >= 15 is 0 Å². The summed E-state index contributed by atoms with van der Waals surface area (Å²) in [6.07, 6.45) is 4.01. The number of rotatable bonds is 1. The minimum Gasteiger partial charge on any atom is -0.339 e. The zero-order chi connectivity index (χ0) is 12.5. The van der Waals surface area contributed by atoms with Gasteiger partial charge >= 0.3 is 0 Å². The first kappa shape index (κ1) is 12.1. The Morgan fingerprint density at radius 2 is 1.94 bits per heavy atom. The van der Waals surface area contributed by atoms with Crippen molar-refractivity contribution in [3.05, 3.63) is 29.6 Å². The molecule has 1 aromatic heterocycles. The fraction of sp³-hybridized carbons (Fsp3) is 0.571. The Morgan fingerprint density at radius 1 is 1.29 bits per heavy atom. The molecule has 3 nitrogen and oxygen atoms in total. The molecule has 1 amide bonds. The Labute approximate surface area is 103 Å². The minimum absolute atomic E-state index is 0.0913. The Bertz CT molecular complexity index is 414. The van der Waals surface area contributed by atoms with Gasteiger partial charge in [-0.2, -0.15) is 0 Å². The summed E-state index contributed by atoms with van der Waals surface area (Å²) < 4.78 is 0. The quantitative estimate of drug-likeness (QED) is 0.745. The van der Waals surface area contributed by atoms with Gasteiger partial charge in [0.2, 0.25) is 0 Å². The van der Waals surface area contributed by atoms with E-state index in [2.05, 4.69) is 25.8 Å². The first-order chi connectivity index (χ1) is 8.00. The maximum Gasteiger partial charge on any atom is 0.255 e. The lowest BCUT2D eigenvalue weighted by Crippen LogP contribution is -2.30. The Hall–Kier alpha value is -1.38. The molecule has 0 spiro atoms. The maximum absolute atomic E-state index is 12.4. The van der Waals surface area contributed by atoms with Crippen LogP contribution in [0.15, 0.2) is 18.3 Å². The Kier molecular flexibility index (Phi) is 3.18. The molecule has 0 aliphatic carbocycles. The average molecular weight is 232 g/mol. The van der Waals surface area contributed by atoms with Crippen molar-refractivity contribution < 1.29 is 4.79 Å². The number of amides is 1. The normalized spacial score (nSPS) is 16.3. The van der Waals surface area contributed by atoms with Gasteiger partial charge in [-0.1, -0.05) is 20.8 Å². The molecule has 1 aromatic rings. The van der Waals surface area contributed by atoms with Crippen LogP contribution in [-0.2, 0) is 5.41 Å². The monoisotopic (exact) mass is 232 g/mol. The van der Waals surface area contributed by atoms with Crippen LogP contribution in [0.2, 0.25) is 0 Å². The first-order valence-electron chi connectivity index (χ1n) is 6.25. The molecule has 1 saturated heterocycles. The Morgan fingerprint density at radius 3 is 2.53 bits per heavy atom. The summed E-state index contributed by atoms with van der Waals surface area (Å²) in [7, 11) is 0. The molecule has 0 atom stereocenters. The molecular formula is C14H20N2O. The van der Waals surface area contributed by atoms with Crippen LogP contribution < -0.4 is 0 Å². The molecule has 2 heterocycles. The van der Waals surface area contributed by atoms with Crippen molar-refractivity contribution in [1.82, 2.24) is 9.88 Å². The number of nitrogens with zero attached hydrogens (tertiary/aromatic N) is 2. The molecular weight excluding hydrogens is 212 g/mol. The van der Waals surface area contributed by atoms with Gasteiger partial charge in [0.25, 0.3) is 5.91 Å². The molecule has 17 heavy (non-hydrogen) atoms. The number of carbonyl (C=O) groups is 1. The number of aromatic nitrogens is 1. The van der Waals surface area contributed by atoms with Crippen LogP contribution in [0, 0.1) is 0 Å². The summed E-state index contributed by atoms with van der Waals surface area (Å²) in [6, 6.07) is 3.74. The fourth-order valence-electron chi connectivity index (χ4n) is 2.27. The second-order valence-corrected chi connectivity index (χ2v) is 5.65. The number of hydrogen-bond donors (Lipinski definition) is 0. The van der Waals surface area contributed by atoms with Crippen LogP contribution in [0.25, 0.3) is 0 Å². The van der Waals surface area contributed by atoms with Gasteiger partial charge < -0.3 is 4.90 Å². The summed E-state index contributed by atoms with van der Waals surface area (Å²) in [6.45, 7) is 8.05. The van der Waals surface area contributed by atoms with E-state index in [0.29, 0.717) is 0 Å². The highest BCUT2D eigenvalue weighted by molar-refractivity contribution is 5.95. The van der Waals surface area contributed by atoms with E-state index in [1.165, 1.54) is 0 Å². The number of hydrogen-bond acceptors (Lipinski definition) is 2. The maximum atomic E-state index is 12.4. The van der Waals surface area contributed by atoms with E-state index in [1.54, 1.807) is 6.20 Å². The van der Waals surface area contributed by atoms with Crippen molar-refractivity contribution in [2.45, 2.75) is 39.0 Å². The third kappa shape index (κ3) is 2.48. The van der Waals surface area contributed by atoms with E-state index in [4.69, 9.17) is 0 Å². The highest BCUT2D eigenvalue weighted by Crippen LogP contribution is 2.25. The van der Waals surface area contributed by atoms with E-state index in [9.17, 15) is 4.79 Å². The summed E-state index contributed by atoms with van der Waals surface area (Å²) >= 11 is 0. The summed E-state index contributed by atoms with van der Waals surface area (Å²) in [4.78, 5) is 18.7. The van der Waals surface area contributed by atoms with Crippen LogP contribution in [0.4, 0.5) is 0 Å². The van der Waals surface area contributed by atoms with Crippen molar-refractivity contribution in [3.8, 4) is 0 Å². The SMILES string of the molecule is CC(C)(C)c1ncccc1C(=O)N1CCCC1. The highest BCUT2D eigenvalue weighted by atomic mass is 16.2. The van der Waals surface area contributed by atoms with Gasteiger partial charge in [-0.15, -0.1) is 0 Å². The van der Waals surface area contributed by atoms with Gasteiger partial charge in [0.1, 0.15) is 0 Å². The molecule has 2 rings (SSSR count). The van der Waals surface area contributed by atoms with Gasteiger partial charge in [0, 0.05) is 24.7 Å². The molecule has 0 unspecified atom stereocenters. The van der Waals surface area contributed by atoms with Crippen molar-refractivity contribution in [2.75, 3.05) is 13.1 Å². The lowest BCUT2D eigenvalue weighted by molar-refractivity contribution is 0.0789. The predicted molar refractivity (Wildman–Crippen MR) is 68.1 cm³/mol. The predicted octanol–water partition coefficient (Wildman–Crippen LogP) is 2.62. The van der Waals surface area contributed by atoms with Crippen molar-refractivity contribution in [1.29, 1.82) is 0 Å². The summed E-state index contributed by atoms with van der Waals surface area (Å²) in [5.41, 5.74) is 1.57. The number of pyridine rings is 1. The largest absolute Gasteiger partial charge is 0.339 e. The second-order valence-electron chi connectivity index (χ2n) is 5.65. The average Bonchev–Trinajstić information content (AvgIpc) is 2.80. The minimum atomic E-state index is -0.0913. The van der Waals surface area contributed by atoms with Crippen LogP contribution >= 0.6 is 0 Å². The summed E-state index contributed by atoms with van der Waals surface area (Å²) in [5, 5.41) is 0. The number of carbonyl (C=O) groups excluding carboxylic acids is 1. The third-order valence-corrected chi connectivity index (χ3v) is 3.14. The first-order valence-corrected chi connectivity index (χ1v) is 6.25. The van der Waals surface area contributed by atoms with Gasteiger partial charge in [-0.3, -0.25) is 9.78 Å². The van der Waals surface area contributed by atoms with E-state index in [0.717, 1.165) is 37.2 Å². The van der Waals surface area contributed by atoms with E-state index in [-0.39, 0.29) is 11.3 Å². The second kappa shape index (κ2) is 4.47. The van der Waals surface area contributed by atoms with Crippen molar-refractivity contribution in [2.24, 2.45) is 0 Å². The van der Waals surface area contributed by atoms with Gasteiger partial charge in [-0.05, 0) is 25.0 Å². The highest BCUT2D eigenvalue weighted by Gasteiger charge is 2.27. The molecule has 0 bridgehead atoms. The van der Waals surface area contributed by atoms with Gasteiger partial charge in [0.05, 0.1) is 11.3 Å². The van der Waals surface area contributed by atoms with Crippen LogP contribution in [-0.4, -0.2) is 28.9 Å².